The van der Waals surface area contributed by atoms with E-state index in [-0.39, 0.29) is 12.5 Å². The average Bonchev–Trinajstić information content (AvgIpc) is 2.39. The molecule has 0 unspecified atom stereocenters. The van der Waals surface area contributed by atoms with E-state index in [0.717, 1.165) is 12.0 Å². The molecule has 0 aromatic carbocycles. The van der Waals surface area contributed by atoms with Gasteiger partial charge in [0.25, 0.3) is 0 Å². The first-order valence-electron chi connectivity index (χ1n) is 6.77. The number of rotatable bonds is 5. The first kappa shape index (κ1) is 19.2. The molecule has 1 aliphatic heterocycles. The summed E-state index contributed by atoms with van der Waals surface area (Å²) in [5.74, 6) is -2.15. The average molecular weight is 349 g/mol. The predicted octanol–water partition coefficient (Wildman–Crippen LogP) is -0.0779. The standard InChI is InChI=1S/C13H19NO8S/c1-6(15)14-13-12(21-9(4)18)11(20-8(3)17)10(22-23-13)5-19-7(2)16/h10-13H,5H2,1-4H3,(H,14,15)/t10-,11+,12+,13+/m1/s1. The zero-order valence-electron chi connectivity index (χ0n) is 13.2. The second kappa shape index (κ2) is 8.73. The molecule has 0 spiro atoms. The van der Waals surface area contributed by atoms with Crippen LogP contribution >= 0.6 is 12.0 Å². The largest absolute Gasteiger partial charge is 0.463 e. The lowest BCUT2D eigenvalue weighted by Gasteiger charge is -2.39. The molecule has 1 fully saturated rings. The Balaban J connectivity index is 2.98. The van der Waals surface area contributed by atoms with Crippen LogP contribution in [0.3, 0.4) is 0 Å². The Morgan fingerprint density at radius 1 is 0.957 bits per heavy atom. The number of hydrogen-bond acceptors (Lipinski definition) is 9. The summed E-state index contributed by atoms with van der Waals surface area (Å²) in [6, 6.07) is 0. The molecule has 0 radical (unpaired) electrons. The van der Waals surface area contributed by atoms with E-state index in [9.17, 15) is 19.2 Å². The highest BCUT2D eigenvalue weighted by Gasteiger charge is 2.47. The van der Waals surface area contributed by atoms with Gasteiger partial charge in [-0.05, 0) is 0 Å². The lowest BCUT2D eigenvalue weighted by atomic mass is 10.1. The molecule has 1 saturated heterocycles. The molecule has 9 nitrogen and oxygen atoms in total. The maximum atomic E-state index is 11.3. The fourth-order valence-corrected chi connectivity index (χ4v) is 2.87. The summed E-state index contributed by atoms with van der Waals surface area (Å²) in [7, 11) is 0. The monoisotopic (exact) mass is 349 g/mol. The van der Waals surface area contributed by atoms with Gasteiger partial charge in [-0.15, -0.1) is 0 Å². The number of hydrogen-bond donors (Lipinski definition) is 1. The molecule has 1 heterocycles. The van der Waals surface area contributed by atoms with Crippen molar-refractivity contribution in [1.82, 2.24) is 5.32 Å². The summed E-state index contributed by atoms with van der Waals surface area (Å²) < 4.78 is 20.6. The quantitative estimate of drug-likeness (QED) is 0.413. The van der Waals surface area contributed by atoms with Gasteiger partial charge in [-0.1, -0.05) is 0 Å². The van der Waals surface area contributed by atoms with Crippen molar-refractivity contribution in [3.63, 3.8) is 0 Å². The van der Waals surface area contributed by atoms with Crippen molar-refractivity contribution >= 4 is 35.9 Å². The number of esters is 3. The zero-order valence-corrected chi connectivity index (χ0v) is 14.0. The lowest BCUT2D eigenvalue weighted by molar-refractivity contribution is -0.180. The third-order valence-electron chi connectivity index (χ3n) is 2.67. The zero-order chi connectivity index (χ0) is 17.6. The van der Waals surface area contributed by atoms with Crippen molar-refractivity contribution in [1.29, 1.82) is 0 Å². The molecule has 0 aliphatic carbocycles. The van der Waals surface area contributed by atoms with Gasteiger partial charge in [0.2, 0.25) is 5.91 Å². The van der Waals surface area contributed by atoms with Crippen molar-refractivity contribution in [3.05, 3.63) is 0 Å². The Morgan fingerprint density at radius 3 is 2.00 bits per heavy atom. The summed E-state index contributed by atoms with van der Waals surface area (Å²) in [6.45, 7) is 4.70. The van der Waals surface area contributed by atoms with Gasteiger partial charge in [0.1, 0.15) is 18.1 Å². The van der Waals surface area contributed by atoms with Crippen molar-refractivity contribution < 1.29 is 37.6 Å². The Morgan fingerprint density at radius 2 is 1.52 bits per heavy atom. The van der Waals surface area contributed by atoms with E-state index in [0.29, 0.717) is 0 Å². The Bertz CT molecular complexity index is 483. The number of carbonyl (C=O) groups is 4. The Kier molecular flexibility index (Phi) is 7.30. The van der Waals surface area contributed by atoms with Crippen LogP contribution in [0.5, 0.6) is 0 Å². The first-order valence-corrected chi connectivity index (χ1v) is 7.58. The van der Waals surface area contributed by atoms with Gasteiger partial charge in [0.05, 0.1) is 0 Å². The van der Waals surface area contributed by atoms with Gasteiger partial charge in [-0.3, -0.25) is 19.2 Å². The van der Waals surface area contributed by atoms with Crippen LogP contribution in [0.2, 0.25) is 0 Å². The Labute approximate surface area is 137 Å². The van der Waals surface area contributed by atoms with E-state index in [1.165, 1.54) is 27.7 Å². The molecule has 1 N–H and O–H groups in total. The van der Waals surface area contributed by atoms with Crippen LogP contribution in [-0.4, -0.2) is 54.1 Å². The fourth-order valence-electron chi connectivity index (χ4n) is 1.91. The van der Waals surface area contributed by atoms with Crippen molar-refractivity contribution in [2.75, 3.05) is 6.61 Å². The second-order valence-electron chi connectivity index (χ2n) is 4.80. The number of carbonyl (C=O) groups excluding carboxylic acids is 4. The highest BCUT2D eigenvalue weighted by atomic mass is 32.2. The normalized spacial score (nSPS) is 26.8. The number of ether oxygens (including phenoxy) is 3. The fraction of sp³-hybridized carbons (Fsp3) is 0.692. The highest BCUT2D eigenvalue weighted by Crippen LogP contribution is 2.32. The van der Waals surface area contributed by atoms with Crippen LogP contribution < -0.4 is 5.32 Å². The molecular formula is C13H19NO8S. The molecule has 1 aliphatic rings. The summed E-state index contributed by atoms with van der Waals surface area (Å²) in [4.78, 5) is 44.9. The van der Waals surface area contributed by atoms with Crippen molar-refractivity contribution in [2.24, 2.45) is 0 Å². The van der Waals surface area contributed by atoms with Gasteiger partial charge in [-0.2, -0.15) is 0 Å². The lowest BCUT2D eigenvalue weighted by Crippen LogP contribution is -2.58. The summed E-state index contributed by atoms with van der Waals surface area (Å²) >= 11 is 0.840. The van der Waals surface area contributed by atoms with Gasteiger partial charge < -0.3 is 23.7 Å². The maximum absolute atomic E-state index is 11.3. The van der Waals surface area contributed by atoms with Gasteiger partial charge >= 0.3 is 17.9 Å². The summed E-state index contributed by atoms with van der Waals surface area (Å²) in [6.07, 6.45) is -2.87. The van der Waals surface area contributed by atoms with Crippen LogP contribution in [0.4, 0.5) is 0 Å². The van der Waals surface area contributed by atoms with Crippen LogP contribution in [0.1, 0.15) is 27.7 Å². The van der Waals surface area contributed by atoms with Crippen molar-refractivity contribution in [2.45, 2.75) is 51.4 Å². The van der Waals surface area contributed by atoms with E-state index < -0.39 is 41.6 Å². The molecule has 10 heteroatoms. The number of nitrogens with one attached hydrogen (secondary N) is 1. The van der Waals surface area contributed by atoms with E-state index in [1.807, 2.05) is 0 Å². The topological polar surface area (TPSA) is 117 Å². The summed E-state index contributed by atoms with van der Waals surface area (Å²) in [5.41, 5.74) is 0. The van der Waals surface area contributed by atoms with Gasteiger partial charge in [0, 0.05) is 39.7 Å². The second-order valence-corrected chi connectivity index (χ2v) is 5.70. The third-order valence-corrected chi connectivity index (χ3v) is 3.62. The van der Waals surface area contributed by atoms with Gasteiger partial charge in [-0.25, -0.2) is 0 Å². The maximum Gasteiger partial charge on any atom is 0.303 e. The van der Waals surface area contributed by atoms with Crippen LogP contribution in [0.15, 0.2) is 0 Å². The minimum absolute atomic E-state index is 0.190. The summed E-state index contributed by atoms with van der Waals surface area (Å²) in [5, 5.41) is 1.78. The minimum atomic E-state index is -1.03. The number of amides is 1. The molecule has 4 atom stereocenters. The molecule has 1 amide bonds. The highest BCUT2D eigenvalue weighted by molar-refractivity contribution is 7.95. The van der Waals surface area contributed by atoms with Crippen molar-refractivity contribution in [3.8, 4) is 0 Å². The smallest absolute Gasteiger partial charge is 0.303 e. The van der Waals surface area contributed by atoms with Crippen LogP contribution in [0.25, 0.3) is 0 Å². The van der Waals surface area contributed by atoms with E-state index in [2.05, 4.69) is 5.32 Å². The van der Waals surface area contributed by atoms with E-state index in [1.54, 1.807) is 0 Å². The molecule has 130 valence electrons. The molecule has 0 bridgehead atoms. The predicted molar refractivity (Wildman–Crippen MR) is 77.8 cm³/mol. The first-order chi connectivity index (χ1) is 10.7. The molecule has 0 saturated carbocycles. The molecule has 0 aromatic rings. The molecular weight excluding hydrogens is 330 g/mol. The minimum Gasteiger partial charge on any atom is -0.463 e. The van der Waals surface area contributed by atoms with Gasteiger partial charge in [0.15, 0.2) is 12.2 Å². The van der Waals surface area contributed by atoms with E-state index in [4.69, 9.17) is 18.4 Å². The molecule has 23 heavy (non-hydrogen) atoms. The van der Waals surface area contributed by atoms with Crippen LogP contribution in [0, 0.1) is 0 Å². The van der Waals surface area contributed by atoms with Crippen LogP contribution in [-0.2, 0) is 37.6 Å². The SMILES string of the molecule is CC(=O)N[C@H]1SO[C@H](COC(C)=O)[C@H](OC(C)=O)[C@@H]1OC(C)=O. The Hall–Kier alpha value is -1.81. The van der Waals surface area contributed by atoms with E-state index >= 15 is 0 Å². The third kappa shape index (κ3) is 6.45. The molecule has 0 aromatic heterocycles. The molecule has 1 rings (SSSR count).